The van der Waals surface area contributed by atoms with Crippen LogP contribution in [0.5, 0.6) is 0 Å². The van der Waals surface area contributed by atoms with Gasteiger partial charge in [-0.25, -0.2) is 31.5 Å². The third kappa shape index (κ3) is 9.53. The van der Waals surface area contributed by atoms with Gasteiger partial charge in [0.25, 0.3) is 15.9 Å². The first-order valence-corrected chi connectivity index (χ1v) is 22.3. The van der Waals surface area contributed by atoms with Crippen molar-refractivity contribution < 1.29 is 50.6 Å². The van der Waals surface area contributed by atoms with E-state index in [4.69, 9.17) is 9.47 Å². The van der Waals surface area contributed by atoms with Gasteiger partial charge in [-0.3, -0.25) is 14.4 Å². The molecular weight excluding hydrogens is 803 g/mol. The number of hydrogen-bond donors (Lipinski definition) is 4. The summed E-state index contributed by atoms with van der Waals surface area (Å²) in [5.41, 5.74) is -0.551. The molecule has 0 unspecified atom stereocenters. The van der Waals surface area contributed by atoms with Gasteiger partial charge in [-0.15, -0.1) is 6.58 Å². The summed E-state index contributed by atoms with van der Waals surface area (Å²) >= 11 is 0. The Morgan fingerprint density at radius 2 is 1.70 bits per heavy atom. The summed E-state index contributed by atoms with van der Waals surface area (Å²) in [4.78, 5) is 71.8. The minimum absolute atomic E-state index is 0.0267. The number of nitrogens with one attached hydrogen (secondary N) is 4. The topological polar surface area (TPSA) is 193 Å². The van der Waals surface area contributed by atoms with Crippen molar-refractivity contribution in [1.82, 2.24) is 25.2 Å². The van der Waals surface area contributed by atoms with Crippen molar-refractivity contribution in [3.8, 4) is 0 Å². The Morgan fingerprint density at radius 3 is 2.47 bits per heavy atom. The molecule has 2 aromatic carbocycles. The molecule has 0 aromatic heterocycles. The van der Waals surface area contributed by atoms with E-state index in [0.717, 1.165) is 43.4 Å². The minimum Gasteiger partial charge on any atom is -0.446 e. The molecule has 7 rings (SSSR count). The second-order valence-corrected chi connectivity index (χ2v) is 18.0. The summed E-state index contributed by atoms with van der Waals surface area (Å²) in [6, 6.07) is 5.47. The molecule has 0 radical (unpaired) electrons. The van der Waals surface area contributed by atoms with Gasteiger partial charge in [0.1, 0.15) is 46.4 Å². The maximum absolute atomic E-state index is 14.7. The number of rotatable bonds is 4. The predicted molar refractivity (Wildman–Crippen MR) is 214 cm³/mol. The zero-order chi connectivity index (χ0) is 42.6. The van der Waals surface area contributed by atoms with Crippen molar-refractivity contribution in [2.24, 2.45) is 5.92 Å². The molecule has 0 bridgehead atoms. The van der Waals surface area contributed by atoms with Crippen molar-refractivity contribution in [2.75, 3.05) is 25.0 Å². The van der Waals surface area contributed by atoms with Gasteiger partial charge in [-0.2, -0.15) is 0 Å². The maximum Gasteiger partial charge on any atom is 0.410 e. The first-order valence-electron chi connectivity index (χ1n) is 20.8. The first kappa shape index (κ1) is 42.8. The van der Waals surface area contributed by atoms with Gasteiger partial charge < -0.3 is 35.2 Å². The highest BCUT2D eigenvalue weighted by atomic mass is 32.2. The molecule has 2 aromatic rings. The molecule has 1 saturated heterocycles. The lowest BCUT2D eigenvalue weighted by Crippen LogP contribution is -2.58. The highest BCUT2D eigenvalue weighted by molar-refractivity contribution is 7.90. The van der Waals surface area contributed by atoms with Crippen LogP contribution in [0.25, 0.3) is 0 Å². The number of sulfonamides is 1. The maximum atomic E-state index is 14.7. The summed E-state index contributed by atoms with van der Waals surface area (Å²) in [6.07, 6.45) is 5.51. The molecule has 5 amide bonds. The smallest absolute Gasteiger partial charge is 0.410 e. The van der Waals surface area contributed by atoms with Crippen molar-refractivity contribution in [2.45, 2.75) is 125 Å². The Morgan fingerprint density at radius 1 is 0.950 bits per heavy atom. The van der Waals surface area contributed by atoms with E-state index >= 15 is 0 Å². The second kappa shape index (κ2) is 18.2. The van der Waals surface area contributed by atoms with Gasteiger partial charge in [-0.05, 0) is 81.2 Å². The molecule has 3 fully saturated rings. The Hall–Kier alpha value is -5.26. The van der Waals surface area contributed by atoms with Gasteiger partial charge in [0.05, 0.1) is 18.8 Å². The summed E-state index contributed by atoms with van der Waals surface area (Å²) in [5.74, 6) is -4.53. The number of amides is 5. The molecule has 5 aliphatic rings. The average Bonchev–Trinajstić information content (AvgIpc) is 3.46. The van der Waals surface area contributed by atoms with E-state index in [1.165, 1.54) is 28.0 Å². The molecule has 18 heteroatoms. The molecule has 324 valence electrons. The van der Waals surface area contributed by atoms with E-state index < -0.39 is 86.1 Å². The number of nitrogens with zero attached hydrogens (tertiary/aromatic N) is 2. The Balaban J connectivity index is 1.16. The van der Waals surface area contributed by atoms with Crippen LogP contribution in [0.1, 0.15) is 88.2 Å². The van der Waals surface area contributed by atoms with Gasteiger partial charge in [0.15, 0.2) is 0 Å². The van der Waals surface area contributed by atoms with Crippen LogP contribution >= 0.6 is 0 Å². The highest BCUT2D eigenvalue weighted by Gasteiger charge is 2.61. The average molecular weight is 855 g/mol. The summed E-state index contributed by atoms with van der Waals surface area (Å²) in [5, 5.41) is 8.46. The SMILES string of the molecule is C=C[C@@H]1C[C@@]12NC(=O)[C@@H]1C[C@@H](OC(=O)N3CCc4cccc(F)c4C3)CN1C(=O)[C@@H](NC(=O)OC1CCCC1)CCCCCCCNc1ccc(F)cc1S(=O)(=O)NC2=O. The molecular formula is C42H52F2N6O9S. The number of carbonyl (C=O) groups is 5. The van der Waals surface area contributed by atoms with Crippen molar-refractivity contribution >= 4 is 45.6 Å². The third-order valence-electron chi connectivity index (χ3n) is 12.3. The van der Waals surface area contributed by atoms with E-state index in [0.29, 0.717) is 50.6 Å². The van der Waals surface area contributed by atoms with Crippen LogP contribution in [0.3, 0.4) is 0 Å². The van der Waals surface area contributed by atoms with Crippen LogP contribution < -0.4 is 20.7 Å². The van der Waals surface area contributed by atoms with Gasteiger partial charge >= 0.3 is 12.2 Å². The van der Waals surface area contributed by atoms with Crippen LogP contribution in [0.2, 0.25) is 0 Å². The van der Waals surface area contributed by atoms with Crippen LogP contribution in [0.15, 0.2) is 53.9 Å². The summed E-state index contributed by atoms with van der Waals surface area (Å²) in [7, 11) is -4.68. The lowest BCUT2D eigenvalue weighted by atomic mass is 10.00. The fraction of sp³-hybridized carbons (Fsp3) is 0.548. The Labute approximate surface area is 348 Å². The van der Waals surface area contributed by atoms with E-state index in [1.807, 2.05) is 4.72 Å². The molecule has 2 saturated carbocycles. The van der Waals surface area contributed by atoms with Crippen molar-refractivity contribution in [3.63, 3.8) is 0 Å². The molecule has 5 atom stereocenters. The predicted octanol–water partition coefficient (Wildman–Crippen LogP) is 4.80. The number of benzene rings is 2. The third-order valence-corrected chi connectivity index (χ3v) is 13.6. The first-order chi connectivity index (χ1) is 28.8. The Kier molecular flexibility index (Phi) is 13.0. The zero-order valence-electron chi connectivity index (χ0n) is 33.4. The number of hydrogen-bond acceptors (Lipinski definition) is 10. The van der Waals surface area contributed by atoms with Gasteiger partial charge in [0, 0.05) is 31.0 Å². The molecule has 15 nitrogen and oxygen atoms in total. The highest BCUT2D eigenvalue weighted by Crippen LogP contribution is 2.45. The van der Waals surface area contributed by atoms with Crippen molar-refractivity contribution in [1.29, 1.82) is 0 Å². The molecule has 3 heterocycles. The largest absolute Gasteiger partial charge is 0.446 e. The standard InChI is InChI=1S/C42H52F2N6O9S/c1-2-27-23-42(27)39(53)48-60(56,57)36-21-28(43)16-17-33(36)45-19-9-5-3-4-6-15-34(46-40(54)58-29-12-7-8-13-29)38(52)50-24-30(22-35(50)37(51)47-42)59-41(55)49-20-18-26-11-10-14-32(44)31(26)25-49/h2,10-11,14,16-17,21,27,29-30,34-35,45H,1,3-9,12-13,15,18-20,22-25H2,(H,46,54)(H,47,51)(H,48,53)/t27-,30-,34+,35+,42-/m1/s1. The number of ether oxygens (including phenoxy) is 2. The summed E-state index contributed by atoms with van der Waals surface area (Å²) < 4.78 is 70.1. The van der Waals surface area contributed by atoms with Gasteiger partial charge in [-0.1, -0.05) is 43.9 Å². The molecule has 60 heavy (non-hydrogen) atoms. The van der Waals surface area contributed by atoms with E-state index in [-0.39, 0.29) is 50.7 Å². The lowest BCUT2D eigenvalue weighted by Gasteiger charge is -2.30. The van der Waals surface area contributed by atoms with Crippen LogP contribution in [-0.4, -0.2) is 97.6 Å². The second-order valence-electron chi connectivity index (χ2n) is 16.4. The van der Waals surface area contributed by atoms with Crippen LogP contribution in [0, 0.1) is 17.6 Å². The number of halogens is 2. The number of alkyl carbamates (subject to hydrolysis) is 1. The zero-order valence-corrected chi connectivity index (χ0v) is 34.2. The van der Waals surface area contributed by atoms with Crippen LogP contribution in [-0.2, 0) is 46.8 Å². The van der Waals surface area contributed by atoms with Crippen LogP contribution in [0.4, 0.5) is 24.1 Å². The quantitative estimate of drug-likeness (QED) is 0.311. The van der Waals surface area contributed by atoms with E-state index in [1.54, 1.807) is 12.1 Å². The number of anilines is 1. The fourth-order valence-electron chi connectivity index (χ4n) is 8.78. The molecule has 2 aliphatic carbocycles. The van der Waals surface area contributed by atoms with E-state index in [2.05, 4.69) is 22.5 Å². The van der Waals surface area contributed by atoms with Gasteiger partial charge in [0.2, 0.25) is 11.8 Å². The Bertz CT molecular complexity index is 2120. The number of carbonyl (C=O) groups excluding carboxylic acids is 5. The minimum atomic E-state index is -4.68. The fourth-order valence-corrected chi connectivity index (χ4v) is 10.0. The monoisotopic (exact) mass is 854 g/mol. The lowest BCUT2D eigenvalue weighted by molar-refractivity contribution is -0.141. The molecule has 4 N–H and O–H groups in total. The number of fused-ring (bicyclic) bond motifs is 3. The summed E-state index contributed by atoms with van der Waals surface area (Å²) in [6.45, 7) is 4.07. The molecule has 3 aliphatic heterocycles. The van der Waals surface area contributed by atoms with Crippen molar-refractivity contribution in [3.05, 3.63) is 71.8 Å². The van der Waals surface area contributed by atoms with E-state index in [9.17, 15) is 41.2 Å². The normalized spacial score (nSPS) is 27.6. The molecule has 1 spiro atoms.